The van der Waals surface area contributed by atoms with E-state index in [2.05, 4.69) is 186 Å². The quantitative estimate of drug-likeness (QED) is 0.160. The molecule has 0 unspecified atom stereocenters. The number of allylic oxidation sites excluding steroid dienone is 1. The van der Waals surface area contributed by atoms with E-state index in [1.54, 1.807) is 0 Å². The third-order valence-corrected chi connectivity index (χ3v) is 9.85. The molecule has 0 amide bonds. The number of hydrogen-bond acceptors (Lipinski definition) is 1. The van der Waals surface area contributed by atoms with Crippen LogP contribution in [0.1, 0.15) is 19.4 Å². The maximum atomic E-state index is 4.26. The van der Waals surface area contributed by atoms with E-state index in [1.807, 2.05) is 32.1 Å². The summed E-state index contributed by atoms with van der Waals surface area (Å²) in [5.41, 5.74) is 9.00. The Labute approximate surface area is 305 Å². The molecule has 1 aromatic heterocycles. The molecule has 0 N–H and O–H groups in total. The normalized spacial score (nSPS) is 11.7. The van der Waals surface area contributed by atoms with Crippen molar-refractivity contribution < 1.29 is 0 Å². The molecule has 0 fully saturated rings. The van der Waals surface area contributed by atoms with Crippen molar-refractivity contribution in [2.24, 2.45) is 0 Å². The molecular formula is C50H40N2. The van der Waals surface area contributed by atoms with Gasteiger partial charge in [-0.05, 0) is 92.3 Å². The van der Waals surface area contributed by atoms with Crippen LogP contribution < -0.4 is 15.3 Å². The highest BCUT2D eigenvalue weighted by Crippen LogP contribution is 2.45. The minimum Gasteiger partial charge on any atom is -0.310 e. The summed E-state index contributed by atoms with van der Waals surface area (Å²) in [6, 6.07) is 62.9. The minimum absolute atomic E-state index is 0.987. The fraction of sp³-hybridized carbons (Fsp3) is 0.0400. The van der Waals surface area contributed by atoms with Gasteiger partial charge < -0.3 is 9.47 Å². The summed E-state index contributed by atoms with van der Waals surface area (Å²) < 4.78 is 2.44. The first-order valence-corrected chi connectivity index (χ1v) is 18.0. The lowest BCUT2D eigenvalue weighted by molar-refractivity contribution is 1.18. The summed E-state index contributed by atoms with van der Waals surface area (Å²) in [7, 11) is 0. The van der Waals surface area contributed by atoms with E-state index in [1.165, 1.54) is 43.4 Å². The Bertz CT molecular complexity index is 2830. The molecule has 0 bridgehead atoms. The lowest BCUT2D eigenvalue weighted by Crippen LogP contribution is -2.24. The molecule has 0 spiro atoms. The summed E-state index contributed by atoms with van der Waals surface area (Å²) in [4.78, 5) is 2.35. The standard InChI is InChI=1S/C48H34N2.C2H6/c1-3-39(40-21-11-10-16-33(40)2)34-26-28-37(29-27-34)49(35-17-6-4-7-18-35)38-30-31-46-45(32-38)47-43-24-14-12-22-41(43)42-23-13-15-25-44(42)48(47)50(46)36-19-8-5-9-20-36;1-2/h3-32H,1-2H2;1-2H3/b40-39+;. The summed E-state index contributed by atoms with van der Waals surface area (Å²) in [5, 5.41) is 9.59. The molecule has 9 aromatic rings. The third-order valence-electron chi connectivity index (χ3n) is 9.85. The maximum Gasteiger partial charge on any atom is 0.0625 e. The molecule has 0 atom stereocenters. The van der Waals surface area contributed by atoms with Gasteiger partial charge >= 0.3 is 0 Å². The van der Waals surface area contributed by atoms with Crippen molar-refractivity contribution in [3.63, 3.8) is 0 Å². The number of rotatable bonds is 6. The number of fused-ring (bicyclic) bond motifs is 8. The molecule has 52 heavy (non-hydrogen) atoms. The van der Waals surface area contributed by atoms with E-state index in [9.17, 15) is 0 Å². The number of hydrogen-bond donors (Lipinski definition) is 0. The average Bonchev–Trinajstić information content (AvgIpc) is 3.56. The van der Waals surface area contributed by atoms with Gasteiger partial charge in [-0.1, -0.05) is 154 Å². The van der Waals surface area contributed by atoms with E-state index < -0.39 is 0 Å². The number of anilines is 3. The summed E-state index contributed by atoms with van der Waals surface area (Å²) in [5.74, 6) is 0. The van der Waals surface area contributed by atoms with Gasteiger partial charge in [0.2, 0.25) is 0 Å². The van der Waals surface area contributed by atoms with Gasteiger partial charge in [0, 0.05) is 38.9 Å². The second kappa shape index (κ2) is 13.9. The van der Waals surface area contributed by atoms with E-state index in [0.717, 1.165) is 44.3 Å². The van der Waals surface area contributed by atoms with Crippen LogP contribution in [0.2, 0.25) is 0 Å². The first-order chi connectivity index (χ1) is 25.7. The Morgan fingerprint density at radius 2 is 1.06 bits per heavy atom. The van der Waals surface area contributed by atoms with Crippen LogP contribution in [0.4, 0.5) is 17.1 Å². The molecule has 2 heteroatoms. The van der Waals surface area contributed by atoms with E-state index >= 15 is 0 Å². The fourth-order valence-corrected chi connectivity index (χ4v) is 7.63. The average molecular weight is 669 g/mol. The Morgan fingerprint density at radius 3 is 1.73 bits per heavy atom. The number of para-hydroxylation sites is 2. The molecule has 1 heterocycles. The van der Waals surface area contributed by atoms with Crippen molar-refractivity contribution in [2.45, 2.75) is 13.8 Å². The van der Waals surface area contributed by atoms with Crippen molar-refractivity contribution in [1.82, 2.24) is 4.57 Å². The smallest absolute Gasteiger partial charge is 0.0625 e. The van der Waals surface area contributed by atoms with Gasteiger partial charge in [0.1, 0.15) is 0 Å². The maximum absolute atomic E-state index is 4.26. The van der Waals surface area contributed by atoms with Crippen LogP contribution in [0, 0.1) is 0 Å². The summed E-state index contributed by atoms with van der Waals surface area (Å²) in [6.45, 7) is 12.4. The molecule has 0 radical (unpaired) electrons. The lowest BCUT2D eigenvalue weighted by Gasteiger charge is -2.26. The fourth-order valence-electron chi connectivity index (χ4n) is 7.63. The first kappa shape index (κ1) is 32.6. The zero-order valence-corrected chi connectivity index (χ0v) is 29.6. The molecule has 0 aliphatic heterocycles. The summed E-state index contributed by atoms with van der Waals surface area (Å²) in [6.07, 6.45) is 1.93. The van der Waals surface area contributed by atoms with Crippen molar-refractivity contribution >= 4 is 72.6 Å². The molecule has 0 saturated carbocycles. The Balaban J connectivity index is 0.00000190. The monoisotopic (exact) mass is 668 g/mol. The van der Waals surface area contributed by atoms with Crippen LogP contribution in [0.25, 0.3) is 61.2 Å². The van der Waals surface area contributed by atoms with E-state index in [4.69, 9.17) is 0 Å². The molecule has 9 rings (SSSR count). The van der Waals surface area contributed by atoms with Crippen LogP contribution in [0.5, 0.6) is 0 Å². The predicted molar refractivity (Wildman–Crippen MR) is 226 cm³/mol. The van der Waals surface area contributed by atoms with Crippen molar-refractivity contribution in [1.29, 1.82) is 0 Å². The lowest BCUT2D eigenvalue weighted by atomic mass is 9.96. The molecular weight excluding hydrogens is 629 g/mol. The topological polar surface area (TPSA) is 8.17 Å². The van der Waals surface area contributed by atoms with Crippen LogP contribution in [0.3, 0.4) is 0 Å². The SMILES string of the molecule is C=C/C(c1ccc(N(c2ccccc2)c2ccc3c(c2)c2c4ccccc4c4ccccc4c2n3-c2ccccc2)cc1)=c1/ccccc1=C.CC. The summed E-state index contributed by atoms with van der Waals surface area (Å²) >= 11 is 0. The number of benzene rings is 8. The zero-order valence-electron chi connectivity index (χ0n) is 29.6. The van der Waals surface area contributed by atoms with E-state index in [-0.39, 0.29) is 0 Å². The van der Waals surface area contributed by atoms with Gasteiger partial charge in [-0.3, -0.25) is 0 Å². The Kier molecular flexibility index (Phi) is 8.73. The third kappa shape index (κ3) is 5.46. The Morgan fingerprint density at radius 1 is 0.519 bits per heavy atom. The Hall–Kier alpha value is -6.64. The zero-order chi connectivity index (χ0) is 35.6. The molecule has 0 aliphatic rings. The first-order valence-electron chi connectivity index (χ1n) is 18.0. The highest BCUT2D eigenvalue weighted by molar-refractivity contribution is 6.32. The van der Waals surface area contributed by atoms with Crippen molar-refractivity contribution in [3.8, 4) is 5.69 Å². The number of aromatic nitrogens is 1. The van der Waals surface area contributed by atoms with Gasteiger partial charge in [-0.25, -0.2) is 0 Å². The van der Waals surface area contributed by atoms with Gasteiger partial charge in [0.05, 0.1) is 11.0 Å². The second-order valence-electron chi connectivity index (χ2n) is 12.7. The highest BCUT2D eigenvalue weighted by atomic mass is 15.1. The van der Waals surface area contributed by atoms with E-state index in [0.29, 0.717) is 0 Å². The molecule has 2 nitrogen and oxygen atoms in total. The predicted octanol–water partition coefficient (Wildman–Crippen LogP) is 12.4. The van der Waals surface area contributed by atoms with Gasteiger partial charge in [0.25, 0.3) is 0 Å². The molecule has 8 aromatic carbocycles. The van der Waals surface area contributed by atoms with Crippen molar-refractivity contribution in [3.05, 3.63) is 205 Å². The van der Waals surface area contributed by atoms with Crippen molar-refractivity contribution in [2.75, 3.05) is 4.90 Å². The molecule has 0 saturated heterocycles. The second-order valence-corrected chi connectivity index (χ2v) is 12.7. The van der Waals surface area contributed by atoms with Crippen LogP contribution in [-0.2, 0) is 0 Å². The minimum atomic E-state index is 0.987. The largest absolute Gasteiger partial charge is 0.310 e. The highest BCUT2D eigenvalue weighted by Gasteiger charge is 2.21. The van der Waals surface area contributed by atoms with Crippen LogP contribution >= 0.6 is 0 Å². The van der Waals surface area contributed by atoms with Gasteiger partial charge in [0.15, 0.2) is 0 Å². The van der Waals surface area contributed by atoms with Crippen LogP contribution in [-0.4, -0.2) is 4.57 Å². The van der Waals surface area contributed by atoms with Gasteiger partial charge in [-0.2, -0.15) is 0 Å². The number of nitrogens with zero attached hydrogens (tertiary/aromatic N) is 2. The molecule has 250 valence electrons. The van der Waals surface area contributed by atoms with Gasteiger partial charge in [-0.15, -0.1) is 0 Å². The van der Waals surface area contributed by atoms with Crippen LogP contribution in [0.15, 0.2) is 189 Å². The molecule has 0 aliphatic carbocycles.